The summed E-state index contributed by atoms with van der Waals surface area (Å²) in [7, 11) is 0. The molecule has 25 heavy (non-hydrogen) atoms. The zero-order valence-electron chi connectivity index (χ0n) is 14.7. The Labute approximate surface area is 146 Å². The molecule has 0 spiro atoms. The smallest absolute Gasteiger partial charge is 0.229 e. The van der Waals surface area contributed by atoms with Gasteiger partial charge in [0.25, 0.3) is 0 Å². The van der Waals surface area contributed by atoms with Gasteiger partial charge in [-0.3, -0.25) is 14.9 Å². The lowest BCUT2D eigenvalue weighted by Crippen LogP contribution is -2.52. The second kappa shape index (κ2) is 7.06. The van der Waals surface area contributed by atoms with Gasteiger partial charge in [-0.25, -0.2) is 4.68 Å². The molecule has 7 heteroatoms. The molecule has 2 heterocycles. The van der Waals surface area contributed by atoms with Crippen LogP contribution in [-0.2, 0) is 16.0 Å². The summed E-state index contributed by atoms with van der Waals surface area (Å²) in [5, 5.41) is 13.4. The lowest BCUT2D eigenvalue weighted by atomic mass is 10.1. The standard InChI is InChI=1S/C18H23N5O2/c1-11-5-4-6-14(7-11)10-17(25)20-15-8-13(3)22-23(15)18-19-12(2)9-16(24)21-18/h4-8,12,18-19H,9-10H2,1-3H3,(H,20,25)(H,21,24). The average molecular weight is 341 g/mol. The van der Waals surface area contributed by atoms with Crippen LogP contribution in [0.2, 0.25) is 0 Å². The van der Waals surface area contributed by atoms with E-state index in [0.29, 0.717) is 12.2 Å². The second-order valence-electron chi connectivity index (χ2n) is 6.57. The molecule has 0 saturated carbocycles. The molecule has 1 aromatic heterocycles. The van der Waals surface area contributed by atoms with Crippen LogP contribution in [-0.4, -0.2) is 27.6 Å². The Hall–Kier alpha value is -2.67. The number of carbonyl (C=O) groups excluding carboxylic acids is 2. The third-order valence-corrected chi connectivity index (χ3v) is 4.05. The Morgan fingerprint density at radius 1 is 1.36 bits per heavy atom. The van der Waals surface area contributed by atoms with E-state index in [1.807, 2.05) is 45.0 Å². The van der Waals surface area contributed by atoms with Crippen LogP contribution in [0.15, 0.2) is 30.3 Å². The van der Waals surface area contributed by atoms with E-state index in [2.05, 4.69) is 21.0 Å². The highest BCUT2D eigenvalue weighted by atomic mass is 16.2. The first-order chi connectivity index (χ1) is 11.9. The van der Waals surface area contributed by atoms with Crippen molar-refractivity contribution in [2.75, 3.05) is 5.32 Å². The van der Waals surface area contributed by atoms with Crippen molar-refractivity contribution in [2.45, 2.75) is 45.9 Å². The van der Waals surface area contributed by atoms with Crippen molar-refractivity contribution < 1.29 is 9.59 Å². The Morgan fingerprint density at radius 3 is 2.88 bits per heavy atom. The van der Waals surface area contributed by atoms with E-state index >= 15 is 0 Å². The number of amides is 2. The predicted molar refractivity (Wildman–Crippen MR) is 94.9 cm³/mol. The molecule has 3 rings (SSSR count). The molecule has 0 bridgehead atoms. The van der Waals surface area contributed by atoms with Crippen LogP contribution >= 0.6 is 0 Å². The van der Waals surface area contributed by atoms with Crippen molar-refractivity contribution >= 4 is 17.6 Å². The number of anilines is 1. The molecule has 1 saturated heterocycles. The molecule has 132 valence electrons. The van der Waals surface area contributed by atoms with Gasteiger partial charge in [-0.2, -0.15) is 5.10 Å². The Balaban J connectivity index is 1.74. The molecule has 2 unspecified atom stereocenters. The van der Waals surface area contributed by atoms with Gasteiger partial charge in [0.1, 0.15) is 5.82 Å². The summed E-state index contributed by atoms with van der Waals surface area (Å²) < 4.78 is 1.61. The monoisotopic (exact) mass is 341 g/mol. The van der Waals surface area contributed by atoms with Gasteiger partial charge in [0.05, 0.1) is 12.1 Å². The number of aromatic nitrogens is 2. The Morgan fingerprint density at radius 2 is 2.16 bits per heavy atom. The van der Waals surface area contributed by atoms with E-state index in [0.717, 1.165) is 16.8 Å². The largest absolute Gasteiger partial charge is 0.322 e. The predicted octanol–water partition coefficient (Wildman–Crippen LogP) is 1.64. The molecule has 7 nitrogen and oxygen atoms in total. The van der Waals surface area contributed by atoms with Gasteiger partial charge in [-0.1, -0.05) is 29.8 Å². The molecule has 2 aromatic rings. The number of carbonyl (C=O) groups is 2. The normalized spacial score (nSPS) is 20.2. The van der Waals surface area contributed by atoms with Gasteiger partial charge in [0.2, 0.25) is 11.8 Å². The van der Waals surface area contributed by atoms with Crippen molar-refractivity contribution in [3.05, 3.63) is 47.2 Å². The highest BCUT2D eigenvalue weighted by molar-refractivity contribution is 5.91. The van der Waals surface area contributed by atoms with Crippen LogP contribution < -0.4 is 16.0 Å². The van der Waals surface area contributed by atoms with E-state index in [4.69, 9.17) is 0 Å². The molecule has 2 amide bonds. The third-order valence-electron chi connectivity index (χ3n) is 4.05. The quantitative estimate of drug-likeness (QED) is 0.789. The molecule has 0 aliphatic carbocycles. The summed E-state index contributed by atoms with van der Waals surface area (Å²) in [5.41, 5.74) is 2.84. The minimum absolute atomic E-state index is 0.0403. The van der Waals surface area contributed by atoms with Crippen LogP contribution in [0.4, 0.5) is 5.82 Å². The number of nitrogens with one attached hydrogen (secondary N) is 3. The highest BCUT2D eigenvalue weighted by Crippen LogP contribution is 2.17. The molecule has 0 radical (unpaired) electrons. The summed E-state index contributed by atoms with van der Waals surface area (Å²) in [6.07, 6.45) is 0.234. The number of aryl methyl sites for hydroxylation is 2. The summed E-state index contributed by atoms with van der Waals surface area (Å²) in [6.45, 7) is 5.79. The van der Waals surface area contributed by atoms with E-state index in [1.165, 1.54) is 0 Å². The molecule has 2 atom stereocenters. The summed E-state index contributed by atoms with van der Waals surface area (Å²) >= 11 is 0. The van der Waals surface area contributed by atoms with Gasteiger partial charge in [-0.05, 0) is 26.3 Å². The highest BCUT2D eigenvalue weighted by Gasteiger charge is 2.26. The number of hydrogen-bond acceptors (Lipinski definition) is 4. The van der Waals surface area contributed by atoms with Crippen LogP contribution in [0.1, 0.15) is 36.5 Å². The van der Waals surface area contributed by atoms with Gasteiger partial charge >= 0.3 is 0 Å². The molecule has 1 aliphatic heterocycles. The SMILES string of the molecule is Cc1cccc(CC(=O)Nc2cc(C)nn2C2NC(=O)CC(C)N2)c1. The maximum Gasteiger partial charge on any atom is 0.229 e. The van der Waals surface area contributed by atoms with Gasteiger partial charge in [0, 0.05) is 18.5 Å². The van der Waals surface area contributed by atoms with Crippen molar-refractivity contribution in [1.29, 1.82) is 0 Å². The Kier molecular flexibility index (Phi) is 4.85. The van der Waals surface area contributed by atoms with E-state index < -0.39 is 6.29 Å². The van der Waals surface area contributed by atoms with E-state index in [1.54, 1.807) is 10.7 Å². The van der Waals surface area contributed by atoms with Crippen LogP contribution in [0, 0.1) is 13.8 Å². The van der Waals surface area contributed by atoms with Gasteiger partial charge in [-0.15, -0.1) is 0 Å². The fraction of sp³-hybridized carbons (Fsp3) is 0.389. The summed E-state index contributed by atoms with van der Waals surface area (Å²) in [6, 6.07) is 9.69. The first-order valence-corrected chi connectivity index (χ1v) is 8.37. The first kappa shape index (κ1) is 17.2. The van der Waals surface area contributed by atoms with Crippen molar-refractivity contribution in [2.24, 2.45) is 0 Å². The van der Waals surface area contributed by atoms with E-state index in [9.17, 15) is 9.59 Å². The topological polar surface area (TPSA) is 88.1 Å². The summed E-state index contributed by atoms with van der Waals surface area (Å²) in [4.78, 5) is 24.2. The summed E-state index contributed by atoms with van der Waals surface area (Å²) in [5.74, 6) is 0.394. The zero-order valence-corrected chi connectivity index (χ0v) is 14.7. The minimum Gasteiger partial charge on any atom is -0.322 e. The van der Waals surface area contributed by atoms with Crippen LogP contribution in [0.5, 0.6) is 0 Å². The maximum absolute atomic E-state index is 12.4. The molecule has 1 fully saturated rings. The third kappa shape index (κ3) is 4.24. The van der Waals surface area contributed by atoms with Crippen molar-refractivity contribution in [3.8, 4) is 0 Å². The first-order valence-electron chi connectivity index (χ1n) is 8.37. The number of nitrogens with zero attached hydrogens (tertiary/aromatic N) is 2. The molecule has 3 N–H and O–H groups in total. The van der Waals surface area contributed by atoms with Crippen LogP contribution in [0.3, 0.4) is 0 Å². The second-order valence-corrected chi connectivity index (χ2v) is 6.57. The zero-order chi connectivity index (χ0) is 18.0. The molecule has 1 aromatic carbocycles. The molecular formula is C18H23N5O2. The van der Waals surface area contributed by atoms with Crippen molar-refractivity contribution in [1.82, 2.24) is 20.4 Å². The fourth-order valence-corrected chi connectivity index (χ4v) is 2.99. The van der Waals surface area contributed by atoms with Crippen LogP contribution in [0.25, 0.3) is 0 Å². The Bertz CT molecular complexity index is 799. The number of hydrogen-bond donors (Lipinski definition) is 3. The number of benzene rings is 1. The molecular weight excluding hydrogens is 318 g/mol. The lowest BCUT2D eigenvalue weighted by molar-refractivity contribution is -0.125. The van der Waals surface area contributed by atoms with Gasteiger partial charge in [0.15, 0.2) is 6.29 Å². The molecule has 1 aliphatic rings. The maximum atomic E-state index is 12.4. The average Bonchev–Trinajstić information content (AvgIpc) is 2.86. The van der Waals surface area contributed by atoms with Gasteiger partial charge < -0.3 is 10.6 Å². The lowest BCUT2D eigenvalue weighted by Gasteiger charge is -2.30. The van der Waals surface area contributed by atoms with Crippen molar-refractivity contribution in [3.63, 3.8) is 0 Å². The van der Waals surface area contributed by atoms with E-state index in [-0.39, 0.29) is 24.3 Å². The fourth-order valence-electron chi connectivity index (χ4n) is 2.99. The number of rotatable bonds is 4. The minimum atomic E-state index is -0.473.